The first-order chi connectivity index (χ1) is 13.2. The zero-order valence-electron chi connectivity index (χ0n) is 14.6. The van der Waals surface area contributed by atoms with E-state index in [1.807, 2.05) is 60.7 Å². The van der Waals surface area contributed by atoms with Crippen LogP contribution in [0.25, 0.3) is 10.8 Å². The van der Waals surface area contributed by atoms with Crippen LogP contribution in [0.15, 0.2) is 66.7 Å². The zero-order valence-corrected chi connectivity index (χ0v) is 14.6. The maximum absolute atomic E-state index is 13.1. The van der Waals surface area contributed by atoms with Gasteiger partial charge in [-0.2, -0.15) is 0 Å². The van der Waals surface area contributed by atoms with Gasteiger partial charge in [-0.3, -0.25) is 14.5 Å². The van der Waals surface area contributed by atoms with Crippen LogP contribution in [-0.4, -0.2) is 31.4 Å². The molecule has 0 N–H and O–H groups in total. The van der Waals surface area contributed by atoms with Gasteiger partial charge in [0.2, 0.25) is 0 Å². The first-order valence-electron chi connectivity index (χ1n) is 8.91. The number of nitrogens with zero attached hydrogens (tertiary/aromatic N) is 1. The number of hydrogen-bond donors (Lipinski definition) is 0. The predicted molar refractivity (Wildman–Crippen MR) is 101 cm³/mol. The number of ether oxygens (including phenoxy) is 2. The van der Waals surface area contributed by atoms with Gasteiger partial charge in [-0.25, -0.2) is 0 Å². The number of rotatable bonds is 3. The van der Waals surface area contributed by atoms with E-state index in [9.17, 15) is 9.59 Å². The van der Waals surface area contributed by atoms with Crippen molar-refractivity contribution in [2.24, 2.45) is 0 Å². The van der Waals surface area contributed by atoms with E-state index in [-0.39, 0.29) is 18.2 Å². The summed E-state index contributed by atoms with van der Waals surface area (Å²) in [6.07, 6.45) is 0. The summed E-state index contributed by atoms with van der Waals surface area (Å²) in [6, 6.07) is 20.7. The molecule has 5 heteroatoms. The highest BCUT2D eigenvalue weighted by Crippen LogP contribution is 2.45. The van der Waals surface area contributed by atoms with Crippen molar-refractivity contribution in [2.45, 2.75) is 5.79 Å². The lowest BCUT2D eigenvalue weighted by Crippen LogP contribution is -2.43. The maximum Gasteiger partial charge on any atom is 0.292 e. The molecule has 27 heavy (non-hydrogen) atoms. The summed E-state index contributed by atoms with van der Waals surface area (Å²) >= 11 is 0. The molecule has 0 radical (unpaired) electrons. The Morgan fingerprint density at radius 1 is 0.926 bits per heavy atom. The molecule has 0 saturated carbocycles. The van der Waals surface area contributed by atoms with Crippen LogP contribution in [0, 0.1) is 0 Å². The van der Waals surface area contributed by atoms with Gasteiger partial charge < -0.3 is 9.47 Å². The molecule has 2 heterocycles. The Morgan fingerprint density at radius 3 is 2.48 bits per heavy atom. The van der Waals surface area contributed by atoms with E-state index in [0.29, 0.717) is 30.0 Å². The van der Waals surface area contributed by atoms with Crippen molar-refractivity contribution in [1.29, 1.82) is 0 Å². The van der Waals surface area contributed by atoms with E-state index in [2.05, 4.69) is 0 Å². The molecule has 3 aromatic carbocycles. The molecular formula is C22H17NO4. The van der Waals surface area contributed by atoms with E-state index in [1.54, 1.807) is 6.07 Å². The minimum atomic E-state index is -1.41. The number of ketones is 1. The van der Waals surface area contributed by atoms with Gasteiger partial charge in [0.1, 0.15) is 0 Å². The Balaban J connectivity index is 1.54. The summed E-state index contributed by atoms with van der Waals surface area (Å²) < 4.78 is 11.4. The average Bonchev–Trinajstić information content (AvgIpc) is 3.29. The third kappa shape index (κ3) is 2.32. The number of benzene rings is 3. The highest BCUT2D eigenvalue weighted by Gasteiger charge is 2.56. The third-order valence-electron chi connectivity index (χ3n) is 5.16. The fourth-order valence-corrected chi connectivity index (χ4v) is 3.94. The standard InChI is InChI=1S/C22H17NO4/c24-20(17-9-5-7-15-6-1-2-8-16(15)17)14-23-19-11-4-3-10-18(19)22(21(23)25)26-12-13-27-22/h1-11H,12-14H2. The molecule has 1 amide bonds. The van der Waals surface area contributed by atoms with Crippen LogP contribution in [0.5, 0.6) is 0 Å². The van der Waals surface area contributed by atoms with E-state index in [0.717, 1.165) is 10.8 Å². The zero-order chi connectivity index (χ0) is 18.4. The summed E-state index contributed by atoms with van der Waals surface area (Å²) in [5.41, 5.74) is 1.93. The van der Waals surface area contributed by atoms with Crippen molar-refractivity contribution in [3.05, 3.63) is 77.9 Å². The van der Waals surface area contributed by atoms with Crippen LogP contribution in [0.4, 0.5) is 5.69 Å². The molecule has 0 unspecified atom stereocenters. The van der Waals surface area contributed by atoms with Crippen molar-refractivity contribution in [2.75, 3.05) is 24.7 Å². The number of anilines is 1. The molecule has 5 rings (SSSR count). The summed E-state index contributed by atoms with van der Waals surface area (Å²) in [4.78, 5) is 27.7. The Hall–Kier alpha value is -3.02. The number of carbonyl (C=O) groups excluding carboxylic acids is 2. The first-order valence-corrected chi connectivity index (χ1v) is 8.91. The summed E-state index contributed by atoms with van der Waals surface area (Å²) in [5.74, 6) is -1.87. The van der Waals surface area contributed by atoms with Crippen molar-refractivity contribution in [1.82, 2.24) is 0 Å². The van der Waals surface area contributed by atoms with E-state index < -0.39 is 5.79 Å². The van der Waals surface area contributed by atoms with Crippen molar-refractivity contribution < 1.29 is 19.1 Å². The highest BCUT2D eigenvalue weighted by molar-refractivity contribution is 6.15. The quantitative estimate of drug-likeness (QED) is 0.674. The SMILES string of the molecule is O=C(CN1C(=O)C2(OCCO2)c2ccccc21)c1cccc2ccccc12. The second-order valence-electron chi connectivity index (χ2n) is 6.67. The second-order valence-corrected chi connectivity index (χ2v) is 6.67. The number of carbonyl (C=O) groups is 2. The monoisotopic (exact) mass is 359 g/mol. The normalized spacial score (nSPS) is 17.6. The smallest absolute Gasteiger partial charge is 0.292 e. The molecule has 0 aliphatic carbocycles. The molecule has 2 aliphatic heterocycles. The summed E-state index contributed by atoms with van der Waals surface area (Å²) in [5, 5.41) is 1.88. The molecule has 0 aromatic heterocycles. The lowest BCUT2D eigenvalue weighted by Gasteiger charge is -2.21. The fourth-order valence-electron chi connectivity index (χ4n) is 3.94. The van der Waals surface area contributed by atoms with Gasteiger partial charge in [-0.15, -0.1) is 0 Å². The Morgan fingerprint density at radius 2 is 1.63 bits per heavy atom. The van der Waals surface area contributed by atoms with E-state index >= 15 is 0 Å². The van der Waals surface area contributed by atoms with Crippen LogP contribution in [0.2, 0.25) is 0 Å². The minimum absolute atomic E-state index is 0.0572. The van der Waals surface area contributed by atoms with Crippen molar-refractivity contribution >= 4 is 28.2 Å². The number of Topliss-reactive ketones (excluding diaryl/α,β-unsaturated/α-hetero) is 1. The Labute approximate surface area is 156 Å². The number of amides is 1. The van der Waals surface area contributed by atoms with Gasteiger partial charge in [0.25, 0.3) is 11.7 Å². The molecule has 0 atom stereocenters. The van der Waals surface area contributed by atoms with E-state index in [1.165, 1.54) is 4.90 Å². The Kier molecular flexibility index (Phi) is 3.60. The largest absolute Gasteiger partial charge is 0.336 e. The average molecular weight is 359 g/mol. The van der Waals surface area contributed by atoms with E-state index in [4.69, 9.17) is 9.47 Å². The van der Waals surface area contributed by atoms with Crippen LogP contribution < -0.4 is 4.90 Å². The molecule has 134 valence electrons. The van der Waals surface area contributed by atoms with Gasteiger partial charge in [-0.05, 0) is 16.8 Å². The molecule has 2 aliphatic rings. The maximum atomic E-state index is 13.1. The summed E-state index contributed by atoms with van der Waals surface area (Å²) in [6.45, 7) is 0.648. The van der Waals surface area contributed by atoms with Crippen LogP contribution >= 0.6 is 0 Å². The van der Waals surface area contributed by atoms with Crippen LogP contribution in [-0.2, 0) is 20.1 Å². The first kappa shape index (κ1) is 16.2. The summed E-state index contributed by atoms with van der Waals surface area (Å²) in [7, 11) is 0. The lowest BCUT2D eigenvalue weighted by atomic mass is 10.0. The predicted octanol–water partition coefficient (Wildman–Crippen LogP) is 3.27. The van der Waals surface area contributed by atoms with Gasteiger partial charge >= 0.3 is 0 Å². The van der Waals surface area contributed by atoms with Gasteiger partial charge in [0, 0.05) is 11.1 Å². The van der Waals surface area contributed by atoms with Gasteiger partial charge in [0.15, 0.2) is 5.78 Å². The number of fused-ring (bicyclic) bond motifs is 3. The molecule has 3 aromatic rings. The molecular weight excluding hydrogens is 342 g/mol. The second kappa shape index (κ2) is 6.01. The fraction of sp³-hybridized carbons (Fsp3) is 0.182. The van der Waals surface area contributed by atoms with Crippen LogP contribution in [0.1, 0.15) is 15.9 Å². The van der Waals surface area contributed by atoms with Gasteiger partial charge in [-0.1, -0.05) is 60.7 Å². The van der Waals surface area contributed by atoms with Gasteiger partial charge in [0.05, 0.1) is 25.4 Å². The Bertz CT molecular complexity index is 1060. The van der Waals surface area contributed by atoms with Crippen molar-refractivity contribution in [3.8, 4) is 0 Å². The topological polar surface area (TPSA) is 55.8 Å². The van der Waals surface area contributed by atoms with Crippen LogP contribution in [0.3, 0.4) is 0 Å². The molecule has 1 saturated heterocycles. The minimum Gasteiger partial charge on any atom is -0.336 e. The molecule has 0 bridgehead atoms. The highest BCUT2D eigenvalue weighted by atomic mass is 16.7. The molecule has 5 nitrogen and oxygen atoms in total. The number of para-hydroxylation sites is 1. The lowest BCUT2D eigenvalue weighted by molar-refractivity contribution is -0.180. The third-order valence-corrected chi connectivity index (χ3v) is 5.16. The van der Waals surface area contributed by atoms with Crippen molar-refractivity contribution in [3.63, 3.8) is 0 Å². The molecule has 1 fully saturated rings. The molecule has 1 spiro atoms. The number of hydrogen-bond acceptors (Lipinski definition) is 4.